The minimum atomic E-state index is 0.505. The van der Waals surface area contributed by atoms with E-state index in [1.807, 2.05) is 0 Å². The summed E-state index contributed by atoms with van der Waals surface area (Å²) in [6, 6.07) is 7.12. The van der Waals surface area contributed by atoms with E-state index in [0.717, 1.165) is 12.3 Å². The number of fused-ring (bicyclic) bond motifs is 1. The zero-order chi connectivity index (χ0) is 11.8. The molecule has 88 valence electrons. The number of aryl methyl sites for hydroxylation is 2. The molecule has 1 aromatic rings. The summed E-state index contributed by atoms with van der Waals surface area (Å²) in [7, 11) is 0. The van der Waals surface area contributed by atoms with Crippen LogP contribution in [0.4, 0.5) is 0 Å². The molecule has 0 fully saturated rings. The third kappa shape index (κ3) is 2.31. The lowest BCUT2D eigenvalue weighted by Crippen LogP contribution is -2.12. The maximum Gasteiger partial charge on any atom is -0.0182 e. The fourth-order valence-corrected chi connectivity index (χ4v) is 3.06. The van der Waals surface area contributed by atoms with E-state index in [1.165, 1.54) is 24.8 Å². The highest BCUT2D eigenvalue weighted by Gasteiger charge is 2.26. The van der Waals surface area contributed by atoms with E-state index in [0.29, 0.717) is 5.41 Å². The van der Waals surface area contributed by atoms with Gasteiger partial charge in [-0.25, -0.2) is 0 Å². The largest absolute Gasteiger partial charge is 0.0613 e. The van der Waals surface area contributed by atoms with Crippen molar-refractivity contribution in [2.75, 3.05) is 0 Å². The van der Waals surface area contributed by atoms with Gasteiger partial charge in [0.1, 0.15) is 0 Å². The molecule has 0 amide bonds. The average molecular weight is 216 g/mol. The molecule has 0 N–H and O–H groups in total. The Kier molecular flexibility index (Phi) is 3.10. The lowest BCUT2D eigenvalue weighted by atomic mass is 9.81. The zero-order valence-electron chi connectivity index (χ0n) is 11.1. The molecule has 1 unspecified atom stereocenters. The molecule has 0 aliphatic heterocycles. The molecule has 0 saturated carbocycles. The molecule has 1 aliphatic rings. The molecule has 0 bridgehead atoms. The first-order chi connectivity index (χ1) is 7.52. The quantitative estimate of drug-likeness (QED) is 0.596. The number of rotatable bonds is 1. The molecule has 0 heterocycles. The fourth-order valence-electron chi connectivity index (χ4n) is 3.06. The Morgan fingerprint density at radius 2 is 2.06 bits per heavy atom. The van der Waals surface area contributed by atoms with Gasteiger partial charge in [0.05, 0.1) is 0 Å². The standard InChI is InChI=1S/C16H24/c1-5-13-6-7-14-8-9-16(3,4)11-12(2)15(14)10-13/h6-7,10,12H,5,8-9,11H2,1-4H3. The van der Waals surface area contributed by atoms with Crippen LogP contribution in [0.15, 0.2) is 18.2 Å². The lowest BCUT2D eigenvalue weighted by Gasteiger charge is -2.24. The number of hydrogen-bond donors (Lipinski definition) is 0. The summed E-state index contributed by atoms with van der Waals surface area (Å²) in [6.45, 7) is 9.46. The molecule has 0 aromatic heterocycles. The summed E-state index contributed by atoms with van der Waals surface area (Å²) in [6.07, 6.45) is 5.07. The average Bonchev–Trinajstić information content (AvgIpc) is 2.35. The SMILES string of the molecule is CCc1ccc2c(c1)C(C)CC(C)(C)CC2. The zero-order valence-corrected chi connectivity index (χ0v) is 11.1. The number of hydrogen-bond acceptors (Lipinski definition) is 0. The summed E-state index contributed by atoms with van der Waals surface area (Å²) < 4.78 is 0. The lowest BCUT2D eigenvalue weighted by molar-refractivity contribution is 0.298. The maximum atomic E-state index is 2.45. The molecule has 16 heavy (non-hydrogen) atoms. The minimum absolute atomic E-state index is 0.505. The molecule has 0 radical (unpaired) electrons. The predicted molar refractivity (Wildman–Crippen MR) is 71.0 cm³/mol. The van der Waals surface area contributed by atoms with E-state index in [9.17, 15) is 0 Å². The van der Waals surface area contributed by atoms with Gasteiger partial charge in [-0.3, -0.25) is 0 Å². The third-order valence-corrected chi connectivity index (χ3v) is 4.08. The Hall–Kier alpha value is -0.780. The predicted octanol–water partition coefficient (Wildman–Crippen LogP) is 4.72. The van der Waals surface area contributed by atoms with Crippen molar-refractivity contribution in [1.82, 2.24) is 0 Å². The van der Waals surface area contributed by atoms with Gasteiger partial charge in [0.25, 0.3) is 0 Å². The maximum absolute atomic E-state index is 2.45. The second-order valence-electron chi connectivity index (χ2n) is 6.16. The second-order valence-corrected chi connectivity index (χ2v) is 6.16. The summed E-state index contributed by atoms with van der Waals surface area (Å²) in [4.78, 5) is 0. The number of benzene rings is 1. The van der Waals surface area contributed by atoms with Crippen molar-refractivity contribution in [2.45, 2.75) is 59.3 Å². The molecule has 1 aliphatic carbocycles. The Bertz CT molecular complexity index is 374. The van der Waals surface area contributed by atoms with Crippen molar-refractivity contribution < 1.29 is 0 Å². The summed E-state index contributed by atoms with van der Waals surface area (Å²) in [5, 5.41) is 0. The van der Waals surface area contributed by atoms with E-state index in [4.69, 9.17) is 0 Å². The second kappa shape index (κ2) is 4.24. The van der Waals surface area contributed by atoms with Crippen molar-refractivity contribution in [1.29, 1.82) is 0 Å². The molecular weight excluding hydrogens is 192 g/mol. The van der Waals surface area contributed by atoms with Gasteiger partial charge in [0.15, 0.2) is 0 Å². The van der Waals surface area contributed by atoms with E-state index in [1.54, 1.807) is 11.1 Å². The van der Waals surface area contributed by atoms with E-state index in [2.05, 4.69) is 45.9 Å². The van der Waals surface area contributed by atoms with Gasteiger partial charge in [0, 0.05) is 0 Å². The van der Waals surface area contributed by atoms with Gasteiger partial charge in [0.2, 0.25) is 0 Å². The van der Waals surface area contributed by atoms with Crippen LogP contribution in [0.3, 0.4) is 0 Å². The van der Waals surface area contributed by atoms with Crippen molar-refractivity contribution >= 4 is 0 Å². The van der Waals surface area contributed by atoms with E-state index >= 15 is 0 Å². The van der Waals surface area contributed by atoms with Crippen LogP contribution in [0, 0.1) is 5.41 Å². The molecule has 2 rings (SSSR count). The van der Waals surface area contributed by atoms with Crippen LogP contribution in [-0.2, 0) is 12.8 Å². The molecule has 1 atom stereocenters. The van der Waals surface area contributed by atoms with Gasteiger partial charge < -0.3 is 0 Å². The Balaban J connectivity index is 2.37. The monoisotopic (exact) mass is 216 g/mol. The van der Waals surface area contributed by atoms with Gasteiger partial charge in [-0.1, -0.05) is 45.9 Å². The van der Waals surface area contributed by atoms with Gasteiger partial charge in [-0.05, 0) is 53.7 Å². The summed E-state index contributed by atoms with van der Waals surface area (Å²) >= 11 is 0. The molecule has 0 saturated heterocycles. The van der Waals surface area contributed by atoms with Crippen molar-refractivity contribution in [3.63, 3.8) is 0 Å². The van der Waals surface area contributed by atoms with Gasteiger partial charge in [-0.2, -0.15) is 0 Å². The topological polar surface area (TPSA) is 0 Å². The van der Waals surface area contributed by atoms with Crippen LogP contribution in [0.25, 0.3) is 0 Å². The Morgan fingerprint density at radius 1 is 1.31 bits per heavy atom. The molecular formula is C16H24. The molecule has 0 heteroatoms. The third-order valence-electron chi connectivity index (χ3n) is 4.08. The summed E-state index contributed by atoms with van der Waals surface area (Å²) in [5.74, 6) is 0.721. The molecule has 1 aromatic carbocycles. The Labute approximate surface area is 100 Å². The smallest absolute Gasteiger partial charge is 0.0182 e. The van der Waals surface area contributed by atoms with Crippen molar-refractivity contribution in [2.24, 2.45) is 5.41 Å². The fraction of sp³-hybridized carbons (Fsp3) is 0.625. The van der Waals surface area contributed by atoms with Crippen LogP contribution in [0.2, 0.25) is 0 Å². The first kappa shape index (κ1) is 11.7. The molecule has 0 nitrogen and oxygen atoms in total. The highest BCUT2D eigenvalue weighted by molar-refractivity contribution is 5.36. The summed E-state index contributed by atoms with van der Waals surface area (Å²) in [5.41, 5.74) is 5.20. The highest BCUT2D eigenvalue weighted by atomic mass is 14.3. The first-order valence-electron chi connectivity index (χ1n) is 6.63. The van der Waals surface area contributed by atoms with Gasteiger partial charge in [-0.15, -0.1) is 0 Å². The van der Waals surface area contributed by atoms with Crippen LogP contribution in [-0.4, -0.2) is 0 Å². The highest BCUT2D eigenvalue weighted by Crippen LogP contribution is 2.40. The Morgan fingerprint density at radius 3 is 2.75 bits per heavy atom. The normalized spacial score (nSPS) is 23.6. The molecule has 0 spiro atoms. The minimum Gasteiger partial charge on any atom is -0.0613 e. The van der Waals surface area contributed by atoms with Crippen molar-refractivity contribution in [3.05, 3.63) is 34.9 Å². The van der Waals surface area contributed by atoms with Crippen LogP contribution >= 0.6 is 0 Å². The van der Waals surface area contributed by atoms with Crippen LogP contribution in [0.1, 0.15) is 63.1 Å². The van der Waals surface area contributed by atoms with E-state index in [-0.39, 0.29) is 0 Å². The first-order valence-corrected chi connectivity index (χ1v) is 6.63. The van der Waals surface area contributed by atoms with E-state index < -0.39 is 0 Å². The van der Waals surface area contributed by atoms with Gasteiger partial charge >= 0.3 is 0 Å². The van der Waals surface area contributed by atoms with Crippen LogP contribution in [0.5, 0.6) is 0 Å². The van der Waals surface area contributed by atoms with Crippen molar-refractivity contribution in [3.8, 4) is 0 Å². The van der Waals surface area contributed by atoms with Crippen LogP contribution < -0.4 is 0 Å².